The number of nitrogens with zero attached hydrogens (tertiary/aromatic N) is 2. The molecule has 0 aliphatic carbocycles. The van der Waals surface area contributed by atoms with E-state index in [1.165, 1.54) is 0 Å². The topological polar surface area (TPSA) is 63.8 Å². The smallest absolute Gasteiger partial charge is 0.144 e. The Bertz CT molecular complexity index is 262. The second kappa shape index (κ2) is 5.70. The maximum Gasteiger partial charge on any atom is 0.144 e. The zero-order chi connectivity index (χ0) is 10.4. The van der Waals surface area contributed by atoms with Crippen LogP contribution >= 0.6 is 11.8 Å². The first-order chi connectivity index (χ1) is 6.72. The highest BCUT2D eigenvalue weighted by Gasteiger charge is 2.02. The summed E-state index contributed by atoms with van der Waals surface area (Å²) in [6, 6.07) is 0.417. The summed E-state index contributed by atoms with van der Waals surface area (Å²) in [6.45, 7) is 2.13. The lowest BCUT2D eigenvalue weighted by molar-refractivity contribution is 0.766. The van der Waals surface area contributed by atoms with Crippen molar-refractivity contribution in [2.24, 2.45) is 0 Å². The minimum absolute atomic E-state index is 0.417. The molecule has 1 aromatic heterocycles. The average Bonchev–Trinajstić information content (AvgIpc) is 2.18. The van der Waals surface area contributed by atoms with Crippen LogP contribution in [-0.2, 0) is 0 Å². The Hall–Kier alpha value is -0.970. The van der Waals surface area contributed by atoms with Crippen LogP contribution < -0.4 is 11.1 Å². The van der Waals surface area contributed by atoms with Gasteiger partial charge in [0, 0.05) is 6.04 Å². The molecule has 0 saturated carbocycles. The Kier molecular flexibility index (Phi) is 4.52. The third-order valence-electron chi connectivity index (χ3n) is 1.82. The van der Waals surface area contributed by atoms with Crippen molar-refractivity contribution in [1.29, 1.82) is 0 Å². The van der Waals surface area contributed by atoms with E-state index in [-0.39, 0.29) is 0 Å². The van der Waals surface area contributed by atoms with Gasteiger partial charge in [0.05, 0.1) is 12.4 Å². The van der Waals surface area contributed by atoms with Crippen LogP contribution in [0.1, 0.15) is 13.3 Å². The van der Waals surface area contributed by atoms with Gasteiger partial charge in [-0.05, 0) is 25.4 Å². The van der Waals surface area contributed by atoms with Gasteiger partial charge in [-0.25, -0.2) is 9.97 Å². The molecule has 14 heavy (non-hydrogen) atoms. The lowest BCUT2D eigenvalue weighted by Crippen LogP contribution is -2.17. The summed E-state index contributed by atoms with van der Waals surface area (Å²) in [5, 5.41) is 3.26. The Morgan fingerprint density at radius 1 is 1.50 bits per heavy atom. The number of thioether (sulfide) groups is 1. The fourth-order valence-electron chi connectivity index (χ4n) is 1.03. The van der Waals surface area contributed by atoms with E-state index in [1.807, 2.05) is 11.8 Å². The highest BCUT2D eigenvalue weighted by Crippen LogP contribution is 2.07. The molecule has 0 amide bonds. The van der Waals surface area contributed by atoms with Crippen molar-refractivity contribution in [1.82, 2.24) is 9.97 Å². The molecule has 0 bridgehead atoms. The van der Waals surface area contributed by atoms with E-state index < -0.39 is 0 Å². The summed E-state index contributed by atoms with van der Waals surface area (Å²) < 4.78 is 0. The van der Waals surface area contributed by atoms with Crippen molar-refractivity contribution < 1.29 is 0 Å². The van der Waals surface area contributed by atoms with Gasteiger partial charge in [-0.15, -0.1) is 0 Å². The van der Waals surface area contributed by atoms with Gasteiger partial charge in [0.2, 0.25) is 0 Å². The quantitative estimate of drug-likeness (QED) is 0.776. The van der Waals surface area contributed by atoms with Crippen LogP contribution in [0.3, 0.4) is 0 Å². The molecule has 0 spiro atoms. The van der Waals surface area contributed by atoms with E-state index in [1.54, 1.807) is 12.4 Å². The van der Waals surface area contributed by atoms with Crippen LogP contribution in [0.4, 0.5) is 11.6 Å². The predicted molar refractivity (Wildman–Crippen MR) is 62.5 cm³/mol. The molecule has 0 aromatic carbocycles. The summed E-state index contributed by atoms with van der Waals surface area (Å²) in [4.78, 5) is 8.08. The molecule has 0 aliphatic rings. The number of anilines is 2. The predicted octanol–water partition coefficient (Wildman–Crippen LogP) is 1.61. The molecule has 5 heteroatoms. The number of aromatic nitrogens is 2. The van der Waals surface area contributed by atoms with Crippen LogP contribution in [0.5, 0.6) is 0 Å². The monoisotopic (exact) mass is 212 g/mol. The van der Waals surface area contributed by atoms with E-state index in [0.717, 1.165) is 18.0 Å². The first-order valence-corrected chi connectivity index (χ1v) is 5.94. The molecule has 78 valence electrons. The van der Waals surface area contributed by atoms with Gasteiger partial charge in [0.25, 0.3) is 0 Å². The van der Waals surface area contributed by atoms with Crippen LogP contribution in [0.2, 0.25) is 0 Å². The maximum atomic E-state index is 5.43. The molecule has 4 nitrogen and oxygen atoms in total. The van der Waals surface area contributed by atoms with Crippen LogP contribution in [0.15, 0.2) is 12.4 Å². The van der Waals surface area contributed by atoms with E-state index in [9.17, 15) is 0 Å². The van der Waals surface area contributed by atoms with Crippen LogP contribution in [0.25, 0.3) is 0 Å². The molecule has 3 N–H and O–H groups in total. The first-order valence-electron chi connectivity index (χ1n) is 4.55. The Morgan fingerprint density at radius 2 is 2.29 bits per heavy atom. The van der Waals surface area contributed by atoms with Gasteiger partial charge >= 0.3 is 0 Å². The van der Waals surface area contributed by atoms with Crippen molar-refractivity contribution in [3.05, 3.63) is 12.4 Å². The largest absolute Gasteiger partial charge is 0.382 e. The van der Waals surface area contributed by atoms with Gasteiger partial charge < -0.3 is 11.1 Å². The van der Waals surface area contributed by atoms with Crippen molar-refractivity contribution in [2.45, 2.75) is 19.4 Å². The summed E-state index contributed by atoms with van der Waals surface area (Å²) in [5.74, 6) is 2.39. The zero-order valence-corrected chi connectivity index (χ0v) is 9.34. The van der Waals surface area contributed by atoms with Gasteiger partial charge in [0.15, 0.2) is 0 Å². The minimum Gasteiger partial charge on any atom is -0.382 e. The Labute approximate surface area is 88.7 Å². The van der Waals surface area contributed by atoms with E-state index in [4.69, 9.17) is 5.73 Å². The second-order valence-electron chi connectivity index (χ2n) is 3.15. The molecular formula is C9H16N4S. The average molecular weight is 212 g/mol. The fraction of sp³-hybridized carbons (Fsp3) is 0.556. The second-order valence-corrected chi connectivity index (χ2v) is 4.14. The number of hydrogen-bond acceptors (Lipinski definition) is 5. The SMILES string of the molecule is CSCCC(C)Nc1cnc(N)cn1. The lowest BCUT2D eigenvalue weighted by atomic mass is 10.2. The molecule has 1 heterocycles. The molecule has 0 aliphatic heterocycles. The van der Waals surface area contributed by atoms with Crippen molar-refractivity contribution >= 4 is 23.4 Å². The number of hydrogen-bond donors (Lipinski definition) is 2. The molecule has 1 rings (SSSR count). The third kappa shape index (κ3) is 3.83. The van der Waals surface area contributed by atoms with Gasteiger partial charge in [-0.2, -0.15) is 11.8 Å². The zero-order valence-electron chi connectivity index (χ0n) is 8.53. The normalized spacial score (nSPS) is 12.4. The summed E-state index contributed by atoms with van der Waals surface area (Å²) in [7, 11) is 0. The summed E-state index contributed by atoms with van der Waals surface area (Å²) >= 11 is 1.85. The minimum atomic E-state index is 0.417. The molecule has 0 saturated heterocycles. The van der Waals surface area contributed by atoms with E-state index in [2.05, 4.69) is 28.5 Å². The summed E-state index contributed by atoms with van der Waals surface area (Å²) in [5.41, 5.74) is 5.43. The van der Waals surface area contributed by atoms with Crippen molar-refractivity contribution in [2.75, 3.05) is 23.1 Å². The van der Waals surface area contributed by atoms with Crippen molar-refractivity contribution in [3.8, 4) is 0 Å². The molecule has 1 aromatic rings. The highest BCUT2D eigenvalue weighted by atomic mass is 32.2. The molecule has 1 unspecified atom stereocenters. The molecule has 1 atom stereocenters. The van der Waals surface area contributed by atoms with E-state index >= 15 is 0 Å². The van der Waals surface area contributed by atoms with Crippen LogP contribution in [0, 0.1) is 0 Å². The summed E-state index contributed by atoms with van der Waals surface area (Å²) in [6.07, 6.45) is 6.44. The maximum absolute atomic E-state index is 5.43. The standard InChI is InChI=1S/C9H16N4S/c1-7(3-4-14-2)13-9-6-11-8(10)5-12-9/h5-7H,3-4H2,1-2H3,(H2,10,11)(H,12,13). The lowest BCUT2D eigenvalue weighted by Gasteiger charge is -2.13. The van der Waals surface area contributed by atoms with Crippen LogP contribution in [-0.4, -0.2) is 28.0 Å². The molecular weight excluding hydrogens is 196 g/mol. The number of nitrogen functional groups attached to an aromatic ring is 1. The number of rotatable bonds is 5. The first kappa shape index (κ1) is 11.1. The Morgan fingerprint density at radius 3 is 2.86 bits per heavy atom. The number of nitrogens with two attached hydrogens (primary N) is 1. The van der Waals surface area contributed by atoms with Gasteiger partial charge in [0.1, 0.15) is 11.6 Å². The van der Waals surface area contributed by atoms with Gasteiger partial charge in [-0.1, -0.05) is 0 Å². The number of nitrogens with one attached hydrogen (secondary N) is 1. The molecule has 0 radical (unpaired) electrons. The van der Waals surface area contributed by atoms with Gasteiger partial charge in [-0.3, -0.25) is 0 Å². The highest BCUT2D eigenvalue weighted by molar-refractivity contribution is 7.98. The molecule has 0 fully saturated rings. The van der Waals surface area contributed by atoms with E-state index in [0.29, 0.717) is 11.9 Å². The van der Waals surface area contributed by atoms with Crippen molar-refractivity contribution in [3.63, 3.8) is 0 Å². The fourth-order valence-corrected chi connectivity index (χ4v) is 1.62. The Balaban J connectivity index is 2.39. The third-order valence-corrected chi connectivity index (χ3v) is 2.47.